The lowest BCUT2D eigenvalue weighted by Gasteiger charge is -2.27. The number of aryl methyl sites for hydroxylation is 1. The number of carbonyl (C=O) groups excluding carboxylic acids is 1. The summed E-state index contributed by atoms with van der Waals surface area (Å²) in [5.74, 6) is -0.205. The van der Waals surface area contributed by atoms with Crippen LogP contribution in [0.1, 0.15) is 30.5 Å². The van der Waals surface area contributed by atoms with Crippen molar-refractivity contribution < 1.29 is 13.2 Å². The molecule has 2 rings (SSSR count). The summed E-state index contributed by atoms with van der Waals surface area (Å²) in [6, 6.07) is 16.6. The molecule has 0 saturated carbocycles. The number of hydrogen-bond acceptors (Lipinski definition) is 3. The Morgan fingerprint density at radius 2 is 1.68 bits per heavy atom. The van der Waals surface area contributed by atoms with Crippen LogP contribution in [0.15, 0.2) is 54.6 Å². The molecule has 6 heteroatoms. The summed E-state index contributed by atoms with van der Waals surface area (Å²) in [6.07, 6.45) is 1.27. The molecule has 1 amide bonds. The molecular weight excluding hydrogens is 336 g/mol. The van der Waals surface area contributed by atoms with Crippen molar-refractivity contribution in [1.29, 1.82) is 0 Å². The highest BCUT2D eigenvalue weighted by atomic mass is 32.2. The Balaban J connectivity index is 2.06. The molecule has 0 radical (unpaired) electrons. The number of hydrogen-bond donors (Lipinski definition) is 1. The van der Waals surface area contributed by atoms with Gasteiger partial charge < -0.3 is 5.32 Å². The predicted octanol–water partition coefficient (Wildman–Crippen LogP) is 3.35. The molecule has 5 nitrogen and oxygen atoms in total. The largest absolute Gasteiger partial charge is 0.326 e. The van der Waals surface area contributed by atoms with E-state index in [9.17, 15) is 13.2 Å². The number of benzene rings is 2. The van der Waals surface area contributed by atoms with Gasteiger partial charge in [0.25, 0.3) is 0 Å². The zero-order valence-electron chi connectivity index (χ0n) is 14.8. The van der Waals surface area contributed by atoms with E-state index in [4.69, 9.17) is 0 Å². The van der Waals surface area contributed by atoms with Gasteiger partial charge in [0, 0.05) is 24.7 Å². The molecule has 134 valence electrons. The third-order valence-electron chi connectivity index (χ3n) is 4.12. The molecule has 0 spiro atoms. The topological polar surface area (TPSA) is 66.5 Å². The first-order valence-corrected chi connectivity index (χ1v) is 10.0. The lowest BCUT2D eigenvalue weighted by Crippen LogP contribution is -2.35. The molecule has 2 aromatic rings. The highest BCUT2D eigenvalue weighted by Gasteiger charge is 2.25. The van der Waals surface area contributed by atoms with Gasteiger partial charge in [0.15, 0.2) is 0 Å². The molecule has 0 aromatic heterocycles. The lowest BCUT2D eigenvalue weighted by atomic mass is 10.1. The normalized spacial score (nSPS) is 12.8. The van der Waals surface area contributed by atoms with Crippen molar-refractivity contribution in [2.45, 2.75) is 26.3 Å². The van der Waals surface area contributed by atoms with Gasteiger partial charge in [-0.1, -0.05) is 48.5 Å². The lowest BCUT2D eigenvalue weighted by molar-refractivity contribution is -0.116. The van der Waals surface area contributed by atoms with E-state index in [1.807, 2.05) is 68.4 Å². The van der Waals surface area contributed by atoms with Crippen LogP contribution in [0.5, 0.6) is 0 Å². The second kappa shape index (κ2) is 8.27. The standard InChI is InChI=1S/C19H24N2O3S/c1-15-9-7-8-12-18(15)20-19(22)13-14-21(25(3,23)24)16(2)17-10-5-4-6-11-17/h4-12,16H,13-14H2,1-3H3,(H,20,22). The first kappa shape index (κ1) is 19.1. The molecule has 0 aliphatic carbocycles. The van der Waals surface area contributed by atoms with Crippen LogP contribution < -0.4 is 5.32 Å². The summed E-state index contributed by atoms with van der Waals surface area (Å²) < 4.78 is 25.7. The molecule has 0 aliphatic rings. The molecule has 1 N–H and O–H groups in total. The molecule has 1 unspecified atom stereocenters. The van der Waals surface area contributed by atoms with E-state index in [-0.39, 0.29) is 24.9 Å². The number of sulfonamides is 1. The zero-order chi connectivity index (χ0) is 18.4. The second-order valence-corrected chi connectivity index (χ2v) is 8.01. The maximum absolute atomic E-state index is 12.2. The summed E-state index contributed by atoms with van der Waals surface area (Å²) in [5.41, 5.74) is 2.61. The SMILES string of the molecule is Cc1ccccc1NC(=O)CCN(C(C)c1ccccc1)S(C)(=O)=O. The van der Waals surface area contributed by atoms with E-state index in [0.29, 0.717) is 0 Å². The Kier molecular flexibility index (Phi) is 6.33. The van der Waals surface area contributed by atoms with E-state index < -0.39 is 10.0 Å². The van der Waals surface area contributed by atoms with Crippen molar-refractivity contribution in [3.63, 3.8) is 0 Å². The van der Waals surface area contributed by atoms with Crippen LogP contribution >= 0.6 is 0 Å². The van der Waals surface area contributed by atoms with E-state index >= 15 is 0 Å². The number of rotatable bonds is 7. The molecule has 0 fully saturated rings. The Hall–Kier alpha value is -2.18. The molecule has 0 bridgehead atoms. The maximum atomic E-state index is 12.2. The van der Waals surface area contributed by atoms with E-state index in [0.717, 1.165) is 16.8 Å². The van der Waals surface area contributed by atoms with Crippen LogP contribution in [0.4, 0.5) is 5.69 Å². The Bertz CT molecular complexity index is 820. The predicted molar refractivity (Wildman–Crippen MR) is 101 cm³/mol. The van der Waals surface area contributed by atoms with Gasteiger partial charge in [0.2, 0.25) is 15.9 Å². The van der Waals surface area contributed by atoms with Crippen molar-refractivity contribution in [3.05, 3.63) is 65.7 Å². The number of nitrogens with one attached hydrogen (secondary N) is 1. The van der Waals surface area contributed by atoms with E-state index in [1.165, 1.54) is 10.6 Å². The monoisotopic (exact) mass is 360 g/mol. The Morgan fingerprint density at radius 3 is 2.28 bits per heavy atom. The van der Waals surface area contributed by atoms with Crippen molar-refractivity contribution in [2.24, 2.45) is 0 Å². The number of nitrogens with zero attached hydrogens (tertiary/aromatic N) is 1. The van der Waals surface area contributed by atoms with Gasteiger partial charge in [-0.15, -0.1) is 0 Å². The summed E-state index contributed by atoms with van der Waals surface area (Å²) in [5, 5.41) is 2.84. The fourth-order valence-electron chi connectivity index (χ4n) is 2.68. The minimum atomic E-state index is -3.44. The molecule has 0 aliphatic heterocycles. The first-order chi connectivity index (χ1) is 11.8. The van der Waals surface area contributed by atoms with Crippen molar-refractivity contribution in [1.82, 2.24) is 4.31 Å². The van der Waals surface area contributed by atoms with Crippen molar-refractivity contribution in [2.75, 3.05) is 18.1 Å². The minimum absolute atomic E-state index is 0.0958. The Labute approximate surface area is 149 Å². The third kappa shape index (κ3) is 5.41. The van der Waals surface area contributed by atoms with Gasteiger partial charge in [-0.2, -0.15) is 4.31 Å². The van der Waals surface area contributed by atoms with Crippen molar-refractivity contribution in [3.8, 4) is 0 Å². The van der Waals surface area contributed by atoms with Gasteiger partial charge in [-0.25, -0.2) is 8.42 Å². The molecule has 1 atom stereocenters. The number of anilines is 1. The smallest absolute Gasteiger partial charge is 0.225 e. The zero-order valence-corrected chi connectivity index (χ0v) is 15.6. The van der Waals surface area contributed by atoms with Crippen molar-refractivity contribution >= 4 is 21.6 Å². The average molecular weight is 360 g/mol. The van der Waals surface area contributed by atoms with Gasteiger partial charge >= 0.3 is 0 Å². The highest BCUT2D eigenvalue weighted by Crippen LogP contribution is 2.23. The first-order valence-electron chi connectivity index (χ1n) is 8.16. The summed E-state index contributed by atoms with van der Waals surface area (Å²) in [6.45, 7) is 3.87. The van der Waals surface area contributed by atoms with Gasteiger partial charge in [0.05, 0.1) is 6.26 Å². The number of amides is 1. The van der Waals surface area contributed by atoms with Crippen LogP contribution in [0.2, 0.25) is 0 Å². The van der Waals surface area contributed by atoms with Crippen LogP contribution in [-0.4, -0.2) is 31.4 Å². The molecule has 0 heterocycles. The summed E-state index contributed by atoms with van der Waals surface area (Å²) in [4.78, 5) is 12.2. The van der Waals surface area contributed by atoms with E-state index in [1.54, 1.807) is 0 Å². The number of carbonyl (C=O) groups is 1. The second-order valence-electron chi connectivity index (χ2n) is 6.07. The average Bonchev–Trinajstić information content (AvgIpc) is 2.56. The fraction of sp³-hybridized carbons (Fsp3) is 0.316. The maximum Gasteiger partial charge on any atom is 0.225 e. The van der Waals surface area contributed by atoms with E-state index in [2.05, 4.69) is 5.32 Å². The van der Waals surface area contributed by atoms with Gasteiger partial charge in [-0.3, -0.25) is 4.79 Å². The molecule has 25 heavy (non-hydrogen) atoms. The molecule has 2 aromatic carbocycles. The van der Waals surface area contributed by atoms with Crippen LogP contribution in [0, 0.1) is 6.92 Å². The number of para-hydroxylation sites is 1. The molecule has 0 saturated heterocycles. The molecular formula is C19H24N2O3S. The van der Waals surface area contributed by atoms with Crippen LogP contribution in [-0.2, 0) is 14.8 Å². The summed E-state index contributed by atoms with van der Waals surface area (Å²) in [7, 11) is -3.44. The van der Waals surface area contributed by atoms with Gasteiger partial charge in [-0.05, 0) is 31.0 Å². The fourth-order valence-corrected chi connectivity index (χ4v) is 3.80. The highest BCUT2D eigenvalue weighted by molar-refractivity contribution is 7.88. The minimum Gasteiger partial charge on any atom is -0.326 e. The third-order valence-corrected chi connectivity index (χ3v) is 5.47. The quantitative estimate of drug-likeness (QED) is 0.823. The van der Waals surface area contributed by atoms with Crippen LogP contribution in [0.3, 0.4) is 0 Å². The summed E-state index contributed by atoms with van der Waals surface area (Å²) >= 11 is 0. The van der Waals surface area contributed by atoms with Gasteiger partial charge in [0.1, 0.15) is 0 Å². The van der Waals surface area contributed by atoms with Crippen LogP contribution in [0.25, 0.3) is 0 Å². The Morgan fingerprint density at radius 1 is 1.08 bits per heavy atom.